The fraction of sp³-hybridized carbons (Fsp3) is 0.125. The zero-order chi connectivity index (χ0) is 8.97. The summed E-state index contributed by atoms with van der Waals surface area (Å²) in [4.78, 5) is 2.73. The molecule has 1 aromatic rings. The third kappa shape index (κ3) is 2.57. The fourth-order valence-electron chi connectivity index (χ4n) is 0.806. The van der Waals surface area contributed by atoms with Crippen molar-refractivity contribution in [3.8, 4) is 0 Å². The van der Waals surface area contributed by atoms with E-state index in [2.05, 4.69) is 4.99 Å². The topological polar surface area (TPSA) is 66.0 Å². The van der Waals surface area contributed by atoms with Gasteiger partial charge in [-0.15, -0.1) is 0 Å². The molecular formula is C8H11FN3+. The van der Waals surface area contributed by atoms with Crippen molar-refractivity contribution >= 4 is 5.96 Å². The monoisotopic (exact) mass is 168 g/mol. The Balaban J connectivity index is 2.65. The van der Waals surface area contributed by atoms with Crippen LogP contribution in [0, 0.1) is 5.82 Å². The first-order chi connectivity index (χ1) is 5.68. The van der Waals surface area contributed by atoms with Gasteiger partial charge in [-0.25, -0.2) is 4.39 Å². The Morgan fingerprint density at radius 1 is 1.25 bits per heavy atom. The molecule has 3 nitrogen and oxygen atoms in total. The molecule has 1 aromatic carbocycles. The largest absolute Gasteiger partial charge is 0.339 e. The van der Waals surface area contributed by atoms with Gasteiger partial charge >= 0.3 is 5.96 Å². The molecule has 12 heavy (non-hydrogen) atoms. The normalized spacial score (nSPS) is 9.42. The van der Waals surface area contributed by atoms with Gasteiger partial charge in [0.25, 0.3) is 0 Å². The number of nitrogens with one attached hydrogen (secondary N) is 1. The summed E-state index contributed by atoms with van der Waals surface area (Å²) in [6.07, 6.45) is 0. The minimum absolute atomic E-state index is 0.166. The Bertz CT molecular complexity index is 275. The quantitative estimate of drug-likeness (QED) is 0.379. The molecule has 0 bridgehead atoms. The highest BCUT2D eigenvalue weighted by atomic mass is 19.1. The van der Waals surface area contributed by atoms with Gasteiger partial charge in [0.15, 0.2) is 0 Å². The number of benzene rings is 1. The maximum Gasteiger partial charge on any atom is 0.339 e. The van der Waals surface area contributed by atoms with Crippen LogP contribution in [0.25, 0.3) is 0 Å². The lowest BCUT2D eigenvalue weighted by Gasteiger charge is -1.94. The van der Waals surface area contributed by atoms with Crippen LogP contribution in [0.1, 0.15) is 5.56 Å². The molecule has 0 aliphatic heterocycles. The van der Waals surface area contributed by atoms with Crippen molar-refractivity contribution < 1.29 is 9.38 Å². The summed E-state index contributed by atoms with van der Waals surface area (Å²) in [6.45, 7) is 0.516. The molecule has 0 unspecified atom stereocenters. The summed E-state index contributed by atoms with van der Waals surface area (Å²) >= 11 is 0. The maximum atomic E-state index is 12.4. The smallest absolute Gasteiger partial charge is 0.291 e. The van der Waals surface area contributed by atoms with Crippen LogP contribution in [0.5, 0.6) is 0 Å². The van der Waals surface area contributed by atoms with Crippen molar-refractivity contribution in [2.75, 3.05) is 0 Å². The second kappa shape index (κ2) is 3.71. The van der Waals surface area contributed by atoms with Gasteiger partial charge in [0.1, 0.15) is 5.82 Å². The molecule has 64 valence electrons. The number of hydrogen-bond donors (Lipinski definition) is 3. The number of rotatable bonds is 2. The van der Waals surface area contributed by atoms with E-state index in [9.17, 15) is 4.39 Å². The van der Waals surface area contributed by atoms with E-state index in [1.54, 1.807) is 12.1 Å². The van der Waals surface area contributed by atoms with Gasteiger partial charge in [-0.2, -0.15) is 0 Å². The Morgan fingerprint density at radius 3 is 2.33 bits per heavy atom. The van der Waals surface area contributed by atoms with Gasteiger partial charge in [-0.3, -0.25) is 16.5 Å². The van der Waals surface area contributed by atoms with Gasteiger partial charge in [0.2, 0.25) is 0 Å². The number of nitrogens with two attached hydrogens (primary N) is 2. The SMILES string of the molecule is NC(N)=[NH+]Cc1ccc(F)cc1. The van der Waals surface area contributed by atoms with Gasteiger partial charge in [0.05, 0.1) is 6.54 Å². The van der Waals surface area contributed by atoms with Gasteiger partial charge < -0.3 is 0 Å². The minimum atomic E-state index is -0.247. The second-order valence-corrected chi connectivity index (χ2v) is 2.44. The molecule has 0 aromatic heterocycles. The van der Waals surface area contributed by atoms with E-state index in [0.717, 1.165) is 5.56 Å². The van der Waals surface area contributed by atoms with Crippen molar-refractivity contribution in [2.24, 2.45) is 11.5 Å². The Labute approximate surface area is 69.9 Å². The summed E-state index contributed by atoms with van der Waals surface area (Å²) in [5.74, 6) is -0.0808. The van der Waals surface area contributed by atoms with Crippen LogP contribution >= 0.6 is 0 Å². The van der Waals surface area contributed by atoms with Gasteiger partial charge in [-0.05, 0) is 17.7 Å². The molecule has 0 atom stereocenters. The van der Waals surface area contributed by atoms with E-state index >= 15 is 0 Å². The summed E-state index contributed by atoms with van der Waals surface area (Å²) in [5.41, 5.74) is 11.3. The first-order valence-electron chi connectivity index (χ1n) is 3.54. The highest BCUT2D eigenvalue weighted by Crippen LogP contribution is 1.99. The molecule has 0 spiro atoms. The van der Waals surface area contributed by atoms with Crippen LogP contribution in [0.2, 0.25) is 0 Å². The first kappa shape index (κ1) is 8.52. The molecule has 0 aliphatic carbocycles. The molecular weight excluding hydrogens is 157 g/mol. The number of guanidine groups is 1. The molecule has 5 N–H and O–H groups in total. The molecule has 1 rings (SSSR count). The van der Waals surface area contributed by atoms with E-state index < -0.39 is 0 Å². The van der Waals surface area contributed by atoms with Crippen LogP contribution in [0.3, 0.4) is 0 Å². The molecule has 0 heterocycles. The van der Waals surface area contributed by atoms with E-state index in [0.29, 0.717) is 6.54 Å². The summed E-state index contributed by atoms with van der Waals surface area (Å²) in [7, 11) is 0. The lowest BCUT2D eigenvalue weighted by molar-refractivity contribution is -0.477. The lowest BCUT2D eigenvalue weighted by atomic mass is 10.2. The Morgan fingerprint density at radius 2 is 1.83 bits per heavy atom. The van der Waals surface area contributed by atoms with Gasteiger partial charge in [-0.1, -0.05) is 12.1 Å². The first-order valence-corrected chi connectivity index (χ1v) is 3.54. The van der Waals surface area contributed by atoms with E-state index in [-0.39, 0.29) is 11.8 Å². The van der Waals surface area contributed by atoms with Crippen molar-refractivity contribution in [3.05, 3.63) is 35.6 Å². The van der Waals surface area contributed by atoms with Crippen LogP contribution in [-0.4, -0.2) is 5.96 Å². The molecule has 0 saturated carbocycles. The van der Waals surface area contributed by atoms with E-state index in [1.807, 2.05) is 0 Å². The third-order valence-corrected chi connectivity index (χ3v) is 1.41. The Hall–Kier alpha value is -1.58. The second-order valence-electron chi connectivity index (χ2n) is 2.44. The average molecular weight is 168 g/mol. The van der Waals surface area contributed by atoms with E-state index in [4.69, 9.17) is 11.5 Å². The molecule has 0 radical (unpaired) electrons. The minimum Gasteiger partial charge on any atom is -0.291 e. The standard InChI is InChI=1S/C8H10FN3/c9-7-3-1-6(2-4-7)5-12-8(10)11/h1-4H,5H2,(H4,10,11,12)/p+1. The lowest BCUT2D eigenvalue weighted by Crippen LogP contribution is -2.76. The molecule has 4 heteroatoms. The van der Waals surface area contributed by atoms with Gasteiger partial charge in [0, 0.05) is 0 Å². The fourth-order valence-corrected chi connectivity index (χ4v) is 0.806. The van der Waals surface area contributed by atoms with Crippen LogP contribution in [-0.2, 0) is 6.54 Å². The highest BCUT2D eigenvalue weighted by molar-refractivity contribution is 5.69. The number of halogens is 1. The zero-order valence-corrected chi connectivity index (χ0v) is 6.55. The van der Waals surface area contributed by atoms with Crippen molar-refractivity contribution in [3.63, 3.8) is 0 Å². The van der Waals surface area contributed by atoms with Crippen LogP contribution in [0.15, 0.2) is 24.3 Å². The summed E-state index contributed by atoms with van der Waals surface area (Å²) in [5, 5.41) is 0. The highest BCUT2D eigenvalue weighted by Gasteiger charge is 1.93. The molecule has 0 saturated heterocycles. The summed E-state index contributed by atoms with van der Waals surface area (Å²) < 4.78 is 12.4. The predicted molar refractivity (Wildman–Crippen MR) is 44.4 cm³/mol. The maximum absolute atomic E-state index is 12.4. The van der Waals surface area contributed by atoms with Crippen molar-refractivity contribution in [1.29, 1.82) is 0 Å². The van der Waals surface area contributed by atoms with Crippen LogP contribution < -0.4 is 16.5 Å². The van der Waals surface area contributed by atoms with Crippen LogP contribution in [0.4, 0.5) is 4.39 Å². The van der Waals surface area contributed by atoms with Crippen molar-refractivity contribution in [2.45, 2.75) is 6.54 Å². The molecule has 0 amide bonds. The molecule has 0 fully saturated rings. The predicted octanol–water partition coefficient (Wildman–Crippen LogP) is -1.32. The number of hydrogen-bond acceptors (Lipinski definition) is 0. The average Bonchev–Trinajstić information content (AvgIpc) is 2.03. The van der Waals surface area contributed by atoms with E-state index in [1.165, 1.54) is 12.1 Å². The Kier molecular flexibility index (Phi) is 2.63. The third-order valence-electron chi connectivity index (χ3n) is 1.41. The molecule has 0 aliphatic rings. The zero-order valence-electron chi connectivity index (χ0n) is 6.55. The van der Waals surface area contributed by atoms with Crippen molar-refractivity contribution in [1.82, 2.24) is 0 Å². The summed E-state index contributed by atoms with van der Waals surface area (Å²) in [6, 6.07) is 6.13.